The molecule has 1 saturated heterocycles. The summed E-state index contributed by atoms with van der Waals surface area (Å²) in [5.74, 6) is 0. The average molecular weight is 281 g/mol. The van der Waals surface area contributed by atoms with Crippen molar-refractivity contribution in [2.45, 2.75) is 0 Å². The topological polar surface area (TPSA) is 119 Å². The number of benzene rings is 1. The van der Waals surface area contributed by atoms with Gasteiger partial charge in [0.25, 0.3) is 11.4 Å². The van der Waals surface area contributed by atoms with Crippen molar-refractivity contribution in [2.75, 3.05) is 43.9 Å². The van der Waals surface area contributed by atoms with Crippen LogP contribution in [0.1, 0.15) is 0 Å². The summed E-state index contributed by atoms with van der Waals surface area (Å²) in [5, 5.41) is 21.9. The Kier molecular flexibility index (Phi) is 3.70. The van der Waals surface area contributed by atoms with Crippen molar-refractivity contribution in [3.63, 3.8) is 0 Å². The van der Waals surface area contributed by atoms with Crippen molar-refractivity contribution >= 4 is 22.7 Å². The van der Waals surface area contributed by atoms with Crippen LogP contribution in [0.25, 0.3) is 0 Å². The van der Waals surface area contributed by atoms with Crippen LogP contribution in [0.3, 0.4) is 0 Å². The predicted octanol–water partition coefficient (Wildman–Crippen LogP) is 0.837. The SMILES string of the molecule is CN1CCN(c2cc(N)c([N+](=O)[O-])cc2[N+](=O)[O-])CC1. The monoisotopic (exact) mass is 281 g/mol. The summed E-state index contributed by atoms with van der Waals surface area (Å²) in [6, 6.07) is 2.25. The molecule has 2 rings (SSSR count). The molecule has 1 aliphatic rings. The van der Waals surface area contributed by atoms with Crippen LogP contribution in [0.2, 0.25) is 0 Å². The second-order valence-electron chi connectivity index (χ2n) is 4.70. The first kappa shape index (κ1) is 14.0. The summed E-state index contributed by atoms with van der Waals surface area (Å²) >= 11 is 0. The molecule has 0 spiro atoms. The number of likely N-dealkylation sites (N-methyl/N-ethyl adjacent to an activating group) is 1. The maximum atomic E-state index is 11.1. The van der Waals surface area contributed by atoms with Crippen molar-refractivity contribution in [3.05, 3.63) is 32.4 Å². The summed E-state index contributed by atoms with van der Waals surface area (Å²) in [7, 11) is 1.97. The molecule has 0 atom stereocenters. The van der Waals surface area contributed by atoms with Gasteiger partial charge in [0.1, 0.15) is 11.4 Å². The minimum Gasteiger partial charge on any atom is -0.393 e. The fourth-order valence-electron chi connectivity index (χ4n) is 2.19. The van der Waals surface area contributed by atoms with Crippen LogP contribution in [-0.2, 0) is 0 Å². The lowest BCUT2D eigenvalue weighted by Crippen LogP contribution is -2.44. The molecule has 9 nitrogen and oxygen atoms in total. The number of hydrogen-bond acceptors (Lipinski definition) is 7. The first-order valence-electron chi connectivity index (χ1n) is 6.06. The Bertz CT molecular complexity index is 554. The molecule has 0 unspecified atom stereocenters. The lowest BCUT2D eigenvalue weighted by molar-refractivity contribution is -0.393. The van der Waals surface area contributed by atoms with E-state index in [9.17, 15) is 20.2 Å². The first-order valence-corrected chi connectivity index (χ1v) is 6.06. The molecule has 2 N–H and O–H groups in total. The van der Waals surface area contributed by atoms with Gasteiger partial charge in [-0.25, -0.2) is 0 Å². The van der Waals surface area contributed by atoms with Crippen LogP contribution in [0.5, 0.6) is 0 Å². The van der Waals surface area contributed by atoms with E-state index >= 15 is 0 Å². The minimum atomic E-state index is -0.712. The number of rotatable bonds is 3. The second-order valence-corrected chi connectivity index (χ2v) is 4.70. The van der Waals surface area contributed by atoms with Crippen molar-refractivity contribution in [1.82, 2.24) is 4.90 Å². The highest BCUT2D eigenvalue weighted by molar-refractivity contribution is 5.76. The molecule has 0 bridgehead atoms. The number of nitro benzene ring substituents is 2. The van der Waals surface area contributed by atoms with E-state index in [1.807, 2.05) is 11.9 Å². The van der Waals surface area contributed by atoms with Gasteiger partial charge in [-0.05, 0) is 13.1 Å². The third-order valence-corrected chi connectivity index (χ3v) is 3.36. The van der Waals surface area contributed by atoms with Gasteiger partial charge in [0.2, 0.25) is 0 Å². The van der Waals surface area contributed by atoms with Crippen molar-refractivity contribution in [2.24, 2.45) is 0 Å². The average Bonchev–Trinajstić information content (AvgIpc) is 2.38. The predicted molar refractivity (Wildman–Crippen MR) is 73.9 cm³/mol. The van der Waals surface area contributed by atoms with Crippen molar-refractivity contribution < 1.29 is 9.85 Å². The molecule has 1 aromatic carbocycles. The number of piperazine rings is 1. The maximum Gasteiger partial charge on any atom is 0.299 e. The normalized spacial score (nSPS) is 16.1. The highest BCUT2D eigenvalue weighted by atomic mass is 16.6. The van der Waals surface area contributed by atoms with Gasteiger partial charge in [0.05, 0.1) is 15.9 Å². The molecule has 1 aromatic rings. The Morgan fingerprint density at radius 3 is 2.10 bits per heavy atom. The summed E-state index contributed by atoms with van der Waals surface area (Å²) in [6.07, 6.45) is 0. The van der Waals surface area contributed by atoms with E-state index in [0.29, 0.717) is 18.8 Å². The number of nitro groups is 2. The zero-order chi connectivity index (χ0) is 14.9. The summed E-state index contributed by atoms with van der Waals surface area (Å²) in [4.78, 5) is 24.5. The molecule has 108 valence electrons. The molecule has 0 radical (unpaired) electrons. The summed E-state index contributed by atoms with van der Waals surface area (Å²) < 4.78 is 0. The summed E-state index contributed by atoms with van der Waals surface area (Å²) in [5.41, 5.74) is 5.18. The zero-order valence-electron chi connectivity index (χ0n) is 11.0. The van der Waals surface area contributed by atoms with E-state index in [4.69, 9.17) is 5.73 Å². The molecule has 0 saturated carbocycles. The standard InChI is InChI=1S/C11H15N5O4/c1-13-2-4-14(5-3-13)10-6-8(12)9(15(17)18)7-11(10)16(19)20/h6-7H,2-5,12H2,1H3. The van der Waals surface area contributed by atoms with E-state index in [1.165, 1.54) is 6.07 Å². The Hall–Kier alpha value is -2.42. The molecule has 20 heavy (non-hydrogen) atoms. The van der Waals surface area contributed by atoms with Crippen molar-refractivity contribution in [3.8, 4) is 0 Å². The van der Waals surface area contributed by atoms with E-state index in [1.54, 1.807) is 0 Å². The highest BCUT2D eigenvalue weighted by Gasteiger charge is 2.27. The maximum absolute atomic E-state index is 11.1. The molecular formula is C11H15N5O4. The lowest BCUT2D eigenvalue weighted by Gasteiger charge is -2.33. The van der Waals surface area contributed by atoms with Gasteiger partial charge in [0.15, 0.2) is 0 Å². The van der Waals surface area contributed by atoms with E-state index in [2.05, 4.69) is 4.90 Å². The van der Waals surface area contributed by atoms with Gasteiger partial charge in [-0.3, -0.25) is 20.2 Å². The Morgan fingerprint density at radius 1 is 1.05 bits per heavy atom. The number of anilines is 2. The molecular weight excluding hydrogens is 266 g/mol. The van der Waals surface area contributed by atoms with Gasteiger partial charge in [-0.2, -0.15) is 0 Å². The van der Waals surface area contributed by atoms with Crippen LogP contribution in [0.4, 0.5) is 22.7 Å². The van der Waals surface area contributed by atoms with Gasteiger partial charge >= 0.3 is 0 Å². The quantitative estimate of drug-likeness (QED) is 0.495. The van der Waals surface area contributed by atoms with E-state index < -0.39 is 15.5 Å². The van der Waals surface area contributed by atoms with Gasteiger partial charge < -0.3 is 15.5 Å². The number of nitrogens with two attached hydrogens (primary N) is 1. The van der Waals surface area contributed by atoms with E-state index in [-0.39, 0.29) is 11.4 Å². The zero-order valence-corrected chi connectivity index (χ0v) is 11.0. The second kappa shape index (κ2) is 5.29. The Balaban J connectivity index is 2.44. The van der Waals surface area contributed by atoms with Crippen LogP contribution >= 0.6 is 0 Å². The van der Waals surface area contributed by atoms with Crippen LogP contribution in [0, 0.1) is 20.2 Å². The minimum absolute atomic E-state index is 0.0606. The Morgan fingerprint density at radius 2 is 1.60 bits per heavy atom. The largest absolute Gasteiger partial charge is 0.393 e. The highest BCUT2D eigenvalue weighted by Crippen LogP contribution is 2.36. The number of nitrogens with zero attached hydrogens (tertiary/aromatic N) is 4. The number of hydrogen-bond donors (Lipinski definition) is 1. The van der Waals surface area contributed by atoms with Gasteiger partial charge in [-0.15, -0.1) is 0 Å². The first-order chi connectivity index (χ1) is 9.40. The molecule has 9 heteroatoms. The van der Waals surface area contributed by atoms with Crippen LogP contribution in [0.15, 0.2) is 12.1 Å². The molecule has 0 aromatic heterocycles. The summed E-state index contributed by atoms with van der Waals surface area (Å²) in [6.45, 7) is 2.78. The fraction of sp³-hybridized carbons (Fsp3) is 0.455. The Labute approximate surface area is 114 Å². The lowest BCUT2D eigenvalue weighted by atomic mass is 10.1. The third kappa shape index (κ3) is 2.62. The van der Waals surface area contributed by atoms with Crippen LogP contribution in [-0.4, -0.2) is 48.0 Å². The molecule has 0 aliphatic carbocycles. The molecule has 1 heterocycles. The molecule has 0 amide bonds. The van der Waals surface area contributed by atoms with Gasteiger partial charge in [0, 0.05) is 26.2 Å². The number of nitrogen functional groups attached to an aromatic ring is 1. The molecule has 1 aliphatic heterocycles. The van der Waals surface area contributed by atoms with Crippen LogP contribution < -0.4 is 10.6 Å². The van der Waals surface area contributed by atoms with Crippen molar-refractivity contribution in [1.29, 1.82) is 0 Å². The smallest absolute Gasteiger partial charge is 0.299 e. The third-order valence-electron chi connectivity index (χ3n) is 3.36. The van der Waals surface area contributed by atoms with E-state index in [0.717, 1.165) is 19.2 Å². The molecule has 1 fully saturated rings. The fourth-order valence-corrected chi connectivity index (χ4v) is 2.19. The van der Waals surface area contributed by atoms with Gasteiger partial charge in [-0.1, -0.05) is 0 Å².